The topological polar surface area (TPSA) is 10.9 Å². The summed E-state index contributed by atoms with van der Waals surface area (Å²) in [6.45, 7) is 4.61. The van der Waals surface area contributed by atoms with Crippen molar-refractivity contribution in [1.29, 1.82) is 0 Å². The standard InChI is InChI=1S/C54H41N3S/c1-3-36-19-17-18-28-45(36)51-44(4-2)50-48(56(41-24-13-7-14-25-41)42-26-15-8-16-27-42)32-31-46-52(50)57(51)53-47-34-38-33-43(30-29-37(38)35-49(47)58-54(46)53)55(39-20-9-5-10-21-39)40-22-11-6-12-23-40/h5-35H,3-4H2,1-2H3. The molecule has 4 heteroatoms. The highest BCUT2D eigenvalue weighted by Gasteiger charge is 2.29. The molecular weight excluding hydrogens is 723 g/mol. The van der Waals surface area contributed by atoms with Gasteiger partial charge in [-0.1, -0.05) is 117 Å². The van der Waals surface area contributed by atoms with Crippen LogP contribution in [0, 0.1) is 0 Å². The van der Waals surface area contributed by atoms with E-state index in [1.54, 1.807) is 0 Å². The average molecular weight is 764 g/mol. The van der Waals surface area contributed by atoms with E-state index in [2.05, 4.69) is 216 Å². The molecule has 11 rings (SSSR count). The van der Waals surface area contributed by atoms with Crippen LogP contribution < -0.4 is 9.80 Å². The Hall–Kier alpha value is -6.88. The van der Waals surface area contributed by atoms with Gasteiger partial charge < -0.3 is 14.2 Å². The molecule has 8 aromatic carbocycles. The second-order valence-corrected chi connectivity index (χ2v) is 16.1. The zero-order valence-corrected chi connectivity index (χ0v) is 33.4. The van der Waals surface area contributed by atoms with Crippen LogP contribution in [-0.2, 0) is 12.8 Å². The molecule has 0 aliphatic carbocycles. The van der Waals surface area contributed by atoms with Crippen molar-refractivity contribution in [3.8, 4) is 11.3 Å². The summed E-state index contributed by atoms with van der Waals surface area (Å²) in [5, 5.41) is 6.42. The second kappa shape index (κ2) is 13.9. The van der Waals surface area contributed by atoms with E-state index in [0.717, 1.165) is 41.3 Å². The Labute approximate surface area is 342 Å². The molecule has 0 atom stereocenters. The van der Waals surface area contributed by atoms with Gasteiger partial charge >= 0.3 is 0 Å². The lowest BCUT2D eigenvalue weighted by atomic mass is 9.96. The molecule has 0 N–H and O–H groups in total. The van der Waals surface area contributed by atoms with Gasteiger partial charge in [-0.2, -0.15) is 0 Å². The number of benzene rings is 8. The lowest BCUT2D eigenvalue weighted by Crippen LogP contribution is -2.10. The first-order valence-electron chi connectivity index (χ1n) is 20.3. The minimum Gasteiger partial charge on any atom is -0.310 e. The van der Waals surface area contributed by atoms with Crippen molar-refractivity contribution in [2.45, 2.75) is 26.7 Å². The molecule has 0 radical (unpaired) electrons. The molecule has 0 aliphatic rings. The molecule has 0 spiro atoms. The van der Waals surface area contributed by atoms with Crippen molar-refractivity contribution in [3.63, 3.8) is 0 Å². The molecule has 58 heavy (non-hydrogen) atoms. The third-order valence-electron chi connectivity index (χ3n) is 11.8. The number of para-hydroxylation sites is 4. The van der Waals surface area contributed by atoms with Crippen LogP contribution in [0.5, 0.6) is 0 Å². The number of anilines is 6. The summed E-state index contributed by atoms with van der Waals surface area (Å²) in [6.07, 6.45) is 1.87. The number of fused-ring (bicyclic) bond motifs is 6. The summed E-state index contributed by atoms with van der Waals surface area (Å²) < 4.78 is 5.31. The molecule has 0 unspecified atom stereocenters. The molecule has 0 saturated carbocycles. The van der Waals surface area contributed by atoms with Crippen LogP contribution in [-0.4, -0.2) is 4.40 Å². The van der Waals surface area contributed by atoms with Gasteiger partial charge in [0.2, 0.25) is 0 Å². The molecule has 3 heterocycles. The van der Waals surface area contributed by atoms with Crippen molar-refractivity contribution in [2.75, 3.05) is 9.80 Å². The van der Waals surface area contributed by atoms with Crippen LogP contribution in [0.1, 0.15) is 25.0 Å². The average Bonchev–Trinajstić information content (AvgIpc) is 3.93. The quantitative estimate of drug-likeness (QED) is 0.145. The third kappa shape index (κ3) is 5.33. The Morgan fingerprint density at radius 3 is 1.66 bits per heavy atom. The minimum atomic E-state index is 0.906. The lowest BCUT2D eigenvalue weighted by molar-refractivity contribution is 1.11. The van der Waals surface area contributed by atoms with E-state index in [4.69, 9.17) is 0 Å². The maximum Gasteiger partial charge on any atom is 0.0728 e. The molecule has 0 aliphatic heterocycles. The number of hydrogen-bond donors (Lipinski definition) is 0. The van der Waals surface area contributed by atoms with Crippen molar-refractivity contribution in [3.05, 3.63) is 199 Å². The number of aromatic nitrogens is 1. The zero-order chi connectivity index (χ0) is 38.7. The number of rotatable bonds is 9. The van der Waals surface area contributed by atoms with E-state index in [9.17, 15) is 0 Å². The van der Waals surface area contributed by atoms with Crippen molar-refractivity contribution < 1.29 is 0 Å². The van der Waals surface area contributed by atoms with Crippen molar-refractivity contribution in [1.82, 2.24) is 4.40 Å². The summed E-state index contributed by atoms with van der Waals surface area (Å²) in [7, 11) is 0. The largest absolute Gasteiger partial charge is 0.310 e. The first-order valence-corrected chi connectivity index (χ1v) is 21.1. The Morgan fingerprint density at radius 1 is 0.466 bits per heavy atom. The van der Waals surface area contributed by atoms with Gasteiger partial charge in [-0.15, -0.1) is 11.3 Å². The molecule has 11 aromatic rings. The van der Waals surface area contributed by atoms with Crippen molar-refractivity contribution >= 4 is 92.8 Å². The van der Waals surface area contributed by atoms with Gasteiger partial charge in [0.15, 0.2) is 0 Å². The molecule has 0 bridgehead atoms. The normalized spacial score (nSPS) is 11.8. The fraction of sp³-hybridized carbons (Fsp3) is 0.0741. The fourth-order valence-corrected chi connectivity index (χ4v) is 10.5. The maximum atomic E-state index is 2.65. The zero-order valence-electron chi connectivity index (χ0n) is 32.6. The van der Waals surface area contributed by atoms with E-state index in [1.165, 1.54) is 75.4 Å². The highest BCUT2D eigenvalue weighted by Crippen LogP contribution is 2.52. The third-order valence-corrected chi connectivity index (χ3v) is 13.0. The summed E-state index contributed by atoms with van der Waals surface area (Å²) in [6, 6.07) is 68.6. The Bertz CT molecular complexity index is 3160. The Kier molecular flexibility index (Phi) is 8.27. The SMILES string of the molecule is CCc1ccccc1-c1c(CC)c2c(N(c3ccccc3)c3ccccc3)ccc3c4sc5cc6ccc(N(c7ccccc7)c7ccccc7)cc6cc5c4n1c23. The van der Waals surface area contributed by atoms with Gasteiger partial charge in [0.1, 0.15) is 0 Å². The lowest BCUT2D eigenvalue weighted by Gasteiger charge is -2.26. The summed E-state index contributed by atoms with van der Waals surface area (Å²) in [5.41, 5.74) is 14.9. The number of nitrogens with zero attached hydrogens (tertiary/aromatic N) is 3. The van der Waals surface area contributed by atoms with Gasteiger partial charge in [0.05, 0.1) is 27.1 Å². The van der Waals surface area contributed by atoms with Crippen molar-refractivity contribution in [2.24, 2.45) is 0 Å². The van der Waals surface area contributed by atoms with E-state index in [0.29, 0.717) is 0 Å². The Balaban J connectivity index is 1.23. The molecule has 3 aromatic heterocycles. The van der Waals surface area contributed by atoms with Crippen LogP contribution in [0.15, 0.2) is 188 Å². The first-order chi connectivity index (χ1) is 28.7. The molecule has 3 nitrogen and oxygen atoms in total. The molecule has 0 amide bonds. The number of aryl methyl sites for hydroxylation is 2. The van der Waals surface area contributed by atoms with Crippen LogP contribution in [0.2, 0.25) is 0 Å². The summed E-state index contributed by atoms with van der Waals surface area (Å²) in [4.78, 5) is 4.80. The van der Waals surface area contributed by atoms with Gasteiger partial charge in [-0.3, -0.25) is 0 Å². The molecule has 278 valence electrons. The molecule has 0 saturated heterocycles. The monoisotopic (exact) mass is 763 g/mol. The smallest absolute Gasteiger partial charge is 0.0728 e. The number of thiophene rings is 1. The summed E-state index contributed by atoms with van der Waals surface area (Å²) in [5.74, 6) is 0. The van der Waals surface area contributed by atoms with Crippen LogP contribution >= 0.6 is 11.3 Å². The molecular formula is C54H41N3S. The fourth-order valence-electron chi connectivity index (χ4n) is 9.30. The predicted molar refractivity (Wildman–Crippen MR) is 250 cm³/mol. The number of hydrogen-bond acceptors (Lipinski definition) is 3. The van der Waals surface area contributed by atoms with Crippen LogP contribution in [0.3, 0.4) is 0 Å². The van der Waals surface area contributed by atoms with E-state index in [-0.39, 0.29) is 0 Å². The van der Waals surface area contributed by atoms with Gasteiger partial charge in [0, 0.05) is 54.9 Å². The van der Waals surface area contributed by atoms with Gasteiger partial charge in [0.25, 0.3) is 0 Å². The van der Waals surface area contributed by atoms with Gasteiger partial charge in [-0.05, 0) is 120 Å². The summed E-state index contributed by atoms with van der Waals surface area (Å²) >= 11 is 1.93. The Morgan fingerprint density at radius 2 is 1.05 bits per heavy atom. The van der Waals surface area contributed by atoms with E-state index < -0.39 is 0 Å². The van der Waals surface area contributed by atoms with Crippen LogP contribution in [0.25, 0.3) is 58.6 Å². The molecule has 0 fully saturated rings. The highest BCUT2D eigenvalue weighted by molar-refractivity contribution is 7.26. The first kappa shape index (κ1) is 34.4. The predicted octanol–water partition coefficient (Wildman–Crippen LogP) is 15.8. The van der Waals surface area contributed by atoms with E-state index >= 15 is 0 Å². The minimum absolute atomic E-state index is 0.906. The second-order valence-electron chi connectivity index (χ2n) is 15.1. The van der Waals surface area contributed by atoms with E-state index in [1.807, 2.05) is 11.3 Å². The maximum absolute atomic E-state index is 2.65. The van der Waals surface area contributed by atoms with Gasteiger partial charge in [-0.25, -0.2) is 0 Å². The highest BCUT2D eigenvalue weighted by atomic mass is 32.1. The van der Waals surface area contributed by atoms with Crippen LogP contribution in [0.4, 0.5) is 34.1 Å².